The SMILES string of the molecule is CNc1cc(C)nc(N2CCCC2)c1. The van der Waals surface area contributed by atoms with Gasteiger partial charge in [-0.05, 0) is 25.8 Å². The highest BCUT2D eigenvalue weighted by Gasteiger charge is 2.13. The van der Waals surface area contributed by atoms with Crippen LogP contribution in [0.25, 0.3) is 0 Å². The molecule has 1 aromatic heterocycles. The number of hydrogen-bond donors (Lipinski definition) is 1. The topological polar surface area (TPSA) is 28.2 Å². The summed E-state index contributed by atoms with van der Waals surface area (Å²) in [5.74, 6) is 1.12. The zero-order valence-electron chi connectivity index (χ0n) is 8.88. The average Bonchev–Trinajstić information content (AvgIpc) is 2.69. The maximum absolute atomic E-state index is 4.55. The third-order valence-corrected chi connectivity index (χ3v) is 2.66. The molecule has 0 atom stereocenters. The van der Waals surface area contributed by atoms with Crippen LogP contribution in [-0.2, 0) is 0 Å². The van der Waals surface area contributed by atoms with Crippen LogP contribution in [0.15, 0.2) is 12.1 Å². The van der Waals surface area contributed by atoms with E-state index in [-0.39, 0.29) is 0 Å². The van der Waals surface area contributed by atoms with Gasteiger partial charge in [-0.2, -0.15) is 0 Å². The molecular weight excluding hydrogens is 174 g/mol. The van der Waals surface area contributed by atoms with Gasteiger partial charge in [-0.15, -0.1) is 0 Å². The van der Waals surface area contributed by atoms with E-state index in [1.54, 1.807) is 0 Å². The molecular formula is C11H17N3. The molecule has 1 aliphatic rings. The van der Waals surface area contributed by atoms with Gasteiger partial charge in [-0.25, -0.2) is 4.98 Å². The lowest BCUT2D eigenvalue weighted by atomic mass is 10.3. The maximum atomic E-state index is 4.55. The Balaban J connectivity index is 2.27. The zero-order valence-corrected chi connectivity index (χ0v) is 8.88. The molecule has 0 saturated carbocycles. The number of hydrogen-bond acceptors (Lipinski definition) is 3. The smallest absolute Gasteiger partial charge is 0.130 e. The number of aryl methyl sites for hydroxylation is 1. The lowest BCUT2D eigenvalue weighted by molar-refractivity contribution is 0.930. The van der Waals surface area contributed by atoms with Crippen LogP contribution in [0.4, 0.5) is 11.5 Å². The summed E-state index contributed by atoms with van der Waals surface area (Å²) >= 11 is 0. The van der Waals surface area contributed by atoms with Crippen LogP contribution < -0.4 is 10.2 Å². The predicted octanol–water partition coefficient (Wildman–Crippen LogP) is 2.03. The summed E-state index contributed by atoms with van der Waals surface area (Å²) in [6, 6.07) is 4.19. The minimum atomic E-state index is 1.08. The molecule has 1 fully saturated rings. The van der Waals surface area contributed by atoms with Crippen LogP contribution in [0.1, 0.15) is 18.5 Å². The van der Waals surface area contributed by atoms with Crippen molar-refractivity contribution in [1.29, 1.82) is 0 Å². The third kappa shape index (κ3) is 1.81. The first kappa shape index (κ1) is 9.31. The van der Waals surface area contributed by atoms with Crippen molar-refractivity contribution < 1.29 is 0 Å². The van der Waals surface area contributed by atoms with E-state index in [9.17, 15) is 0 Å². The normalized spacial score (nSPS) is 16.0. The fourth-order valence-corrected chi connectivity index (χ4v) is 1.90. The van der Waals surface area contributed by atoms with Crippen molar-refractivity contribution in [3.8, 4) is 0 Å². The number of nitrogens with zero attached hydrogens (tertiary/aromatic N) is 2. The van der Waals surface area contributed by atoms with Crippen molar-refractivity contribution in [2.24, 2.45) is 0 Å². The molecule has 2 heterocycles. The number of nitrogens with one attached hydrogen (secondary N) is 1. The molecule has 0 radical (unpaired) electrons. The maximum Gasteiger partial charge on any atom is 0.130 e. The second-order valence-corrected chi connectivity index (χ2v) is 3.80. The fraction of sp³-hybridized carbons (Fsp3) is 0.545. The molecule has 1 N–H and O–H groups in total. The third-order valence-electron chi connectivity index (χ3n) is 2.66. The van der Waals surface area contributed by atoms with Gasteiger partial charge >= 0.3 is 0 Å². The Hall–Kier alpha value is -1.25. The largest absolute Gasteiger partial charge is 0.388 e. The molecule has 1 aliphatic heterocycles. The summed E-state index contributed by atoms with van der Waals surface area (Å²) in [4.78, 5) is 6.90. The molecule has 2 rings (SSSR count). The van der Waals surface area contributed by atoms with Crippen molar-refractivity contribution in [3.05, 3.63) is 17.8 Å². The first-order valence-corrected chi connectivity index (χ1v) is 5.21. The van der Waals surface area contributed by atoms with E-state index in [4.69, 9.17) is 0 Å². The van der Waals surface area contributed by atoms with Crippen LogP contribution in [0.2, 0.25) is 0 Å². The molecule has 3 nitrogen and oxygen atoms in total. The number of rotatable bonds is 2. The summed E-state index contributed by atoms with van der Waals surface area (Å²) in [6.45, 7) is 4.35. The minimum absolute atomic E-state index is 1.08. The van der Waals surface area contributed by atoms with Crippen LogP contribution >= 0.6 is 0 Å². The van der Waals surface area contributed by atoms with E-state index in [1.807, 2.05) is 14.0 Å². The second-order valence-electron chi connectivity index (χ2n) is 3.80. The van der Waals surface area contributed by atoms with Gasteiger partial charge < -0.3 is 10.2 Å². The van der Waals surface area contributed by atoms with Crippen LogP contribution in [0.3, 0.4) is 0 Å². The number of aromatic nitrogens is 1. The quantitative estimate of drug-likeness (QED) is 0.775. The van der Waals surface area contributed by atoms with Crippen molar-refractivity contribution >= 4 is 11.5 Å². The molecule has 0 unspecified atom stereocenters. The van der Waals surface area contributed by atoms with E-state index in [1.165, 1.54) is 12.8 Å². The van der Waals surface area contributed by atoms with E-state index >= 15 is 0 Å². The summed E-state index contributed by atoms with van der Waals surface area (Å²) in [5, 5.41) is 3.16. The Labute approximate surface area is 85.1 Å². The highest BCUT2D eigenvalue weighted by Crippen LogP contribution is 2.21. The second kappa shape index (κ2) is 3.86. The first-order chi connectivity index (χ1) is 6.79. The van der Waals surface area contributed by atoms with Gasteiger partial charge in [0.2, 0.25) is 0 Å². The highest BCUT2D eigenvalue weighted by molar-refractivity contribution is 5.54. The van der Waals surface area contributed by atoms with Crippen LogP contribution in [0, 0.1) is 6.92 Å². The molecule has 1 aromatic rings. The molecule has 3 heteroatoms. The van der Waals surface area contributed by atoms with E-state index in [0.29, 0.717) is 0 Å². The Kier molecular flexibility index (Phi) is 2.57. The van der Waals surface area contributed by atoms with Gasteiger partial charge in [0.05, 0.1) is 0 Å². The molecule has 0 aliphatic carbocycles. The van der Waals surface area contributed by atoms with Gasteiger partial charge in [0.15, 0.2) is 0 Å². The summed E-state index contributed by atoms with van der Waals surface area (Å²) in [7, 11) is 1.95. The van der Waals surface area contributed by atoms with E-state index in [0.717, 1.165) is 30.3 Å². The van der Waals surface area contributed by atoms with Gasteiger partial charge in [0.25, 0.3) is 0 Å². The van der Waals surface area contributed by atoms with Gasteiger partial charge in [-0.1, -0.05) is 0 Å². The van der Waals surface area contributed by atoms with Crippen molar-refractivity contribution in [2.45, 2.75) is 19.8 Å². The Morgan fingerprint density at radius 2 is 2.00 bits per heavy atom. The van der Waals surface area contributed by atoms with Crippen LogP contribution in [0.5, 0.6) is 0 Å². The number of anilines is 2. The van der Waals surface area contributed by atoms with Crippen molar-refractivity contribution in [1.82, 2.24) is 4.98 Å². The van der Waals surface area contributed by atoms with Gasteiger partial charge in [0.1, 0.15) is 5.82 Å². The summed E-state index contributed by atoms with van der Waals surface area (Å²) < 4.78 is 0. The first-order valence-electron chi connectivity index (χ1n) is 5.21. The molecule has 76 valence electrons. The molecule has 1 saturated heterocycles. The highest BCUT2D eigenvalue weighted by atomic mass is 15.2. The fourth-order valence-electron chi connectivity index (χ4n) is 1.90. The van der Waals surface area contributed by atoms with E-state index < -0.39 is 0 Å². The van der Waals surface area contributed by atoms with Crippen molar-refractivity contribution in [3.63, 3.8) is 0 Å². The Morgan fingerprint density at radius 3 is 2.64 bits per heavy atom. The van der Waals surface area contributed by atoms with E-state index in [2.05, 4.69) is 27.3 Å². The zero-order chi connectivity index (χ0) is 9.97. The molecule has 0 aromatic carbocycles. The number of pyridine rings is 1. The standard InChI is InChI=1S/C11H17N3/c1-9-7-10(12-2)8-11(13-9)14-5-3-4-6-14/h7-8H,3-6H2,1-2H3,(H,12,13). The lowest BCUT2D eigenvalue weighted by Gasteiger charge is -2.17. The Bertz CT molecular complexity index is 316. The average molecular weight is 191 g/mol. The molecule has 0 spiro atoms. The minimum Gasteiger partial charge on any atom is -0.388 e. The van der Waals surface area contributed by atoms with Gasteiger partial charge in [-0.3, -0.25) is 0 Å². The Morgan fingerprint density at radius 1 is 1.29 bits per heavy atom. The predicted molar refractivity (Wildman–Crippen MR) is 60.0 cm³/mol. The summed E-state index contributed by atoms with van der Waals surface area (Å²) in [6.07, 6.45) is 2.59. The summed E-state index contributed by atoms with van der Waals surface area (Å²) in [5.41, 5.74) is 2.23. The molecule has 0 bridgehead atoms. The monoisotopic (exact) mass is 191 g/mol. The molecule has 14 heavy (non-hydrogen) atoms. The van der Waals surface area contributed by atoms with Crippen molar-refractivity contribution in [2.75, 3.05) is 30.4 Å². The van der Waals surface area contributed by atoms with Gasteiger partial charge in [0, 0.05) is 37.6 Å². The van der Waals surface area contributed by atoms with Crippen LogP contribution in [-0.4, -0.2) is 25.1 Å². The molecule has 0 amide bonds. The lowest BCUT2D eigenvalue weighted by Crippen LogP contribution is -2.19.